The molecular weight excluding hydrogens is 604 g/mol. The van der Waals surface area contributed by atoms with Gasteiger partial charge in [-0.25, -0.2) is 28.2 Å². The third kappa shape index (κ3) is 7.85. The van der Waals surface area contributed by atoms with Crippen LogP contribution in [0.2, 0.25) is 0 Å². The molecule has 1 fully saturated rings. The molecule has 5 rings (SSSR count). The van der Waals surface area contributed by atoms with Crippen LogP contribution in [0.5, 0.6) is 11.6 Å². The Bertz CT molecular complexity index is 1820. The number of aryl methyl sites for hydroxylation is 1. The summed E-state index contributed by atoms with van der Waals surface area (Å²) < 4.78 is 39.9. The first-order valence-corrected chi connectivity index (χ1v) is 17.2. The number of likely N-dealkylation sites (tertiary alicyclic amines) is 1. The van der Waals surface area contributed by atoms with Crippen LogP contribution < -0.4 is 14.8 Å². The van der Waals surface area contributed by atoms with E-state index in [1.165, 1.54) is 0 Å². The zero-order valence-electron chi connectivity index (χ0n) is 27.2. The highest BCUT2D eigenvalue weighted by Gasteiger charge is 2.32. The van der Waals surface area contributed by atoms with E-state index in [-0.39, 0.29) is 23.8 Å². The molecule has 1 aliphatic heterocycles. The van der Waals surface area contributed by atoms with Gasteiger partial charge in [-0.1, -0.05) is 38.1 Å². The summed E-state index contributed by atoms with van der Waals surface area (Å²) in [5.41, 5.74) is 2.06. The van der Waals surface area contributed by atoms with Gasteiger partial charge in [-0.3, -0.25) is 4.72 Å². The number of piperidine rings is 1. The van der Waals surface area contributed by atoms with E-state index in [0.717, 1.165) is 22.8 Å². The molecule has 2 aromatic heterocycles. The second-order valence-corrected chi connectivity index (χ2v) is 14.5. The minimum Gasteiger partial charge on any atom is -0.444 e. The summed E-state index contributed by atoms with van der Waals surface area (Å²) in [6.07, 6.45) is 4.34. The molecule has 1 amide bonds. The number of benzene rings is 2. The van der Waals surface area contributed by atoms with Crippen LogP contribution in [0.3, 0.4) is 0 Å². The van der Waals surface area contributed by atoms with Gasteiger partial charge >= 0.3 is 6.09 Å². The molecule has 2 aromatic carbocycles. The van der Waals surface area contributed by atoms with Gasteiger partial charge in [0.2, 0.25) is 21.9 Å². The van der Waals surface area contributed by atoms with Gasteiger partial charge in [0.25, 0.3) is 0 Å². The van der Waals surface area contributed by atoms with Gasteiger partial charge in [0.05, 0.1) is 22.7 Å². The quantitative estimate of drug-likeness (QED) is 0.197. The summed E-state index contributed by atoms with van der Waals surface area (Å²) in [7, 11) is -3.48. The summed E-state index contributed by atoms with van der Waals surface area (Å²) in [5.74, 6) is 1.67. The maximum Gasteiger partial charge on any atom is 0.410 e. The number of nitrogens with one attached hydrogen (secondary N) is 2. The van der Waals surface area contributed by atoms with E-state index < -0.39 is 15.6 Å². The van der Waals surface area contributed by atoms with Crippen molar-refractivity contribution >= 4 is 38.5 Å². The molecule has 0 saturated carbocycles. The fraction of sp³-hybridized carbons (Fsp3) is 0.412. The molecular formula is C34H42N6O5S. The first kappa shape index (κ1) is 32.9. The summed E-state index contributed by atoms with van der Waals surface area (Å²) >= 11 is 0. The zero-order valence-corrected chi connectivity index (χ0v) is 28.0. The highest BCUT2D eigenvalue weighted by Crippen LogP contribution is 2.39. The van der Waals surface area contributed by atoms with Crippen LogP contribution in [0.15, 0.2) is 60.9 Å². The van der Waals surface area contributed by atoms with E-state index in [1.807, 2.05) is 65.0 Å². The fourth-order valence-corrected chi connectivity index (χ4v) is 6.56. The number of nitrogens with zero attached hydrogens (tertiary/aromatic N) is 4. The molecule has 1 saturated heterocycles. The lowest BCUT2D eigenvalue weighted by Crippen LogP contribution is -2.50. The number of carbonyl (C=O) groups is 1. The lowest BCUT2D eigenvalue weighted by Gasteiger charge is -2.38. The van der Waals surface area contributed by atoms with Crippen LogP contribution in [-0.4, -0.2) is 64.8 Å². The SMILES string of the molecule is CCCS(=O)(=O)Nc1cccc2c(Oc3ncccc3-c3ccnc(NC4CN(C(=O)OC(C)(C)C)CCC4C)n3)c(C)ccc12. The van der Waals surface area contributed by atoms with Gasteiger partial charge < -0.3 is 19.7 Å². The van der Waals surface area contributed by atoms with Gasteiger partial charge in [0, 0.05) is 42.3 Å². The van der Waals surface area contributed by atoms with E-state index in [2.05, 4.69) is 26.9 Å². The van der Waals surface area contributed by atoms with Gasteiger partial charge in [-0.2, -0.15) is 0 Å². The maximum atomic E-state index is 12.8. The Morgan fingerprint density at radius 2 is 1.85 bits per heavy atom. The van der Waals surface area contributed by atoms with Gasteiger partial charge in [0.1, 0.15) is 11.4 Å². The van der Waals surface area contributed by atoms with Gasteiger partial charge in [-0.15, -0.1) is 0 Å². The highest BCUT2D eigenvalue weighted by molar-refractivity contribution is 7.92. The minimum absolute atomic E-state index is 0.0351. The van der Waals surface area contributed by atoms with Crippen LogP contribution >= 0.6 is 0 Å². The summed E-state index contributed by atoms with van der Waals surface area (Å²) in [6, 6.07) is 14.7. The molecule has 2 atom stereocenters. The van der Waals surface area contributed by atoms with Crippen molar-refractivity contribution < 1.29 is 22.7 Å². The summed E-state index contributed by atoms with van der Waals surface area (Å²) in [6.45, 7) is 12.6. The number of sulfonamides is 1. The second kappa shape index (κ2) is 13.5. The van der Waals surface area contributed by atoms with Gasteiger partial charge in [-0.05, 0) is 76.3 Å². The smallest absolute Gasteiger partial charge is 0.410 e. The van der Waals surface area contributed by atoms with E-state index in [9.17, 15) is 13.2 Å². The first-order valence-electron chi connectivity index (χ1n) is 15.6. The van der Waals surface area contributed by atoms with Crippen LogP contribution in [-0.2, 0) is 14.8 Å². The van der Waals surface area contributed by atoms with Crippen molar-refractivity contribution in [1.29, 1.82) is 0 Å². The minimum atomic E-state index is -3.48. The Morgan fingerprint density at radius 1 is 1.04 bits per heavy atom. The molecule has 2 N–H and O–H groups in total. The Labute approximate surface area is 270 Å². The molecule has 11 nitrogen and oxygen atoms in total. The van der Waals surface area contributed by atoms with E-state index in [1.54, 1.807) is 35.5 Å². The van der Waals surface area contributed by atoms with Crippen molar-refractivity contribution in [2.45, 2.75) is 66.0 Å². The normalized spacial score (nSPS) is 17.0. The van der Waals surface area contributed by atoms with E-state index in [0.29, 0.717) is 54.0 Å². The zero-order chi connectivity index (χ0) is 33.1. The molecule has 4 aromatic rings. The predicted molar refractivity (Wildman–Crippen MR) is 181 cm³/mol. The highest BCUT2D eigenvalue weighted by atomic mass is 32.2. The van der Waals surface area contributed by atoms with Crippen molar-refractivity contribution in [1.82, 2.24) is 19.9 Å². The van der Waals surface area contributed by atoms with Crippen LogP contribution in [0.4, 0.5) is 16.4 Å². The number of rotatable bonds is 9. The average Bonchev–Trinajstić information content (AvgIpc) is 2.99. The Balaban J connectivity index is 1.41. The lowest BCUT2D eigenvalue weighted by atomic mass is 9.94. The Kier molecular flexibility index (Phi) is 9.66. The monoisotopic (exact) mass is 646 g/mol. The maximum absolute atomic E-state index is 12.8. The number of hydrogen-bond acceptors (Lipinski definition) is 9. The molecule has 46 heavy (non-hydrogen) atoms. The van der Waals surface area contributed by atoms with Crippen LogP contribution in [0.25, 0.3) is 22.0 Å². The number of pyridine rings is 1. The molecule has 0 bridgehead atoms. The topological polar surface area (TPSA) is 136 Å². The second-order valence-electron chi connectivity index (χ2n) is 12.7. The standard InChI is InChI=1S/C34H42N6O5S/c1-7-20-46(42,43)39-28-12-8-10-25-24(28)14-13-23(3)30(25)44-31-26(11-9-17-35-31)27-15-18-36-32(37-27)38-29-21-40(19-16-22(29)2)33(41)45-34(4,5)6/h8-15,17-18,22,29,39H,7,16,19-21H2,1-6H3,(H,36,37,38). The molecule has 0 spiro atoms. The largest absolute Gasteiger partial charge is 0.444 e. The molecule has 244 valence electrons. The molecule has 0 aliphatic carbocycles. The number of fused-ring (bicyclic) bond motifs is 1. The fourth-order valence-electron chi connectivity index (χ4n) is 5.41. The summed E-state index contributed by atoms with van der Waals surface area (Å²) in [4.78, 5) is 28.3. The number of anilines is 2. The van der Waals surface area contributed by atoms with Crippen molar-refractivity contribution in [3.05, 3.63) is 66.5 Å². The lowest BCUT2D eigenvalue weighted by molar-refractivity contribution is 0.0176. The van der Waals surface area contributed by atoms with Crippen molar-refractivity contribution in [3.8, 4) is 22.9 Å². The predicted octanol–water partition coefficient (Wildman–Crippen LogP) is 7.00. The molecule has 3 heterocycles. The molecule has 2 unspecified atom stereocenters. The van der Waals surface area contributed by atoms with Crippen molar-refractivity contribution in [2.75, 3.05) is 28.9 Å². The van der Waals surface area contributed by atoms with Crippen LogP contribution in [0, 0.1) is 12.8 Å². The molecule has 0 radical (unpaired) electrons. The summed E-state index contributed by atoms with van der Waals surface area (Å²) in [5, 5.41) is 4.90. The number of aromatic nitrogens is 3. The number of ether oxygens (including phenoxy) is 2. The molecule has 1 aliphatic rings. The average molecular weight is 647 g/mol. The van der Waals surface area contributed by atoms with Crippen molar-refractivity contribution in [2.24, 2.45) is 5.92 Å². The number of amides is 1. The van der Waals surface area contributed by atoms with Gasteiger partial charge in [0.15, 0.2) is 0 Å². The number of carbonyl (C=O) groups excluding carboxylic acids is 1. The van der Waals surface area contributed by atoms with E-state index in [4.69, 9.17) is 14.5 Å². The Morgan fingerprint density at radius 3 is 2.61 bits per heavy atom. The third-order valence-corrected chi connectivity index (χ3v) is 9.25. The Hall–Kier alpha value is -4.45. The molecule has 12 heteroatoms. The van der Waals surface area contributed by atoms with E-state index >= 15 is 0 Å². The number of hydrogen-bond donors (Lipinski definition) is 2. The van der Waals surface area contributed by atoms with Crippen molar-refractivity contribution in [3.63, 3.8) is 0 Å². The third-order valence-electron chi connectivity index (χ3n) is 7.77. The first-order chi connectivity index (χ1) is 21.8. The van der Waals surface area contributed by atoms with Crippen LogP contribution in [0.1, 0.15) is 53.0 Å².